The minimum Gasteiger partial charge on any atom is -0.496 e. The molecule has 6 nitrogen and oxygen atoms in total. The maximum Gasteiger partial charge on any atom is 0.170 e. The van der Waals surface area contributed by atoms with Gasteiger partial charge in [0.15, 0.2) is 5.84 Å². The molecule has 4 N–H and O–H groups in total. The summed E-state index contributed by atoms with van der Waals surface area (Å²) < 4.78 is 5.35. The summed E-state index contributed by atoms with van der Waals surface area (Å²) in [5, 5.41) is 15.2. The van der Waals surface area contributed by atoms with Crippen molar-refractivity contribution in [3.8, 4) is 5.75 Å². The topological polar surface area (TPSA) is 83.1 Å². The van der Waals surface area contributed by atoms with Crippen LogP contribution in [0.3, 0.4) is 0 Å². The van der Waals surface area contributed by atoms with Gasteiger partial charge in [0.2, 0.25) is 0 Å². The Morgan fingerprint density at radius 3 is 2.62 bits per heavy atom. The van der Waals surface area contributed by atoms with Crippen molar-refractivity contribution < 1.29 is 9.94 Å². The number of amidine groups is 1. The summed E-state index contributed by atoms with van der Waals surface area (Å²) in [5.41, 5.74) is 7.31. The maximum absolute atomic E-state index is 8.76. The highest BCUT2D eigenvalue weighted by Crippen LogP contribution is 2.20. The highest BCUT2D eigenvalue weighted by atomic mass is 16.5. The molecule has 21 heavy (non-hydrogen) atoms. The van der Waals surface area contributed by atoms with E-state index in [1.54, 1.807) is 13.2 Å². The highest BCUT2D eigenvalue weighted by molar-refractivity contribution is 5.97. The van der Waals surface area contributed by atoms with E-state index in [2.05, 4.69) is 43.3 Å². The van der Waals surface area contributed by atoms with E-state index in [1.165, 1.54) is 0 Å². The van der Waals surface area contributed by atoms with E-state index in [4.69, 9.17) is 15.7 Å². The molecule has 0 amide bonds. The summed E-state index contributed by atoms with van der Waals surface area (Å²) in [5.74, 6) is 0.868. The van der Waals surface area contributed by atoms with Crippen LogP contribution in [0.5, 0.6) is 5.75 Å². The summed E-state index contributed by atoms with van der Waals surface area (Å²) >= 11 is 0. The molecule has 0 heterocycles. The van der Waals surface area contributed by atoms with Crippen LogP contribution in [0.2, 0.25) is 0 Å². The van der Waals surface area contributed by atoms with Crippen LogP contribution in [0.25, 0.3) is 0 Å². The molecule has 0 saturated carbocycles. The number of hydrogen-bond acceptors (Lipinski definition) is 5. The zero-order valence-corrected chi connectivity index (χ0v) is 13.5. The lowest BCUT2D eigenvalue weighted by atomic mass is 10.0. The molecule has 0 fully saturated rings. The van der Waals surface area contributed by atoms with Gasteiger partial charge in [-0.05, 0) is 46.1 Å². The van der Waals surface area contributed by atoms with E-state index in [-0.39, 0.29) is 11.4 Å². The lowest BCUT2D eigenvalue weighted by Crippen LogP contribution is -2.46. The SMILES string of the molecule is COc1ccc(/C(N)=N/O)cc1CNCC(C)(C)N(C)C. The van der Waals surface area contributed by atoms with Crippen LogP contribution < -0.4 is 15.8 Å². The Bertz CT molecular complexity index is 498. The van der Waals surface area contributed by atoms with Gasteiger partial charge in [-0.3, -0.25) is 0 Å². The molecule has 0 radical (unpaired) electrons. The molecule has 0 aliphatic heterocycles. The first-order chi connectivity index (χ1) is 9.81. The first kappa shape index (κ1) is 17.3. The molecule has 0 atom stereocenters. The molecule has 6 heteroatoms. The second-order valence-corrected chi connectivity index (χ2v) is 5.82. The molecule has 0 bridgehead atoms. The first-order valence-electron chi connectivity index (χ1n) is 6.84. The molecule has 0 unspecified atom stereocenters. The van der Waals surface area contributed by atoms with Gasteiger partial charge in [-0.25, -0.2) is 0 Å². The molecule has 0 aliphatic carbocycles. The van der Waals surface area contributed by atoms with Gasteiger partial charge in [0.05, 0.1) is 7.11 Å². The number of ether oxygens (including phenoxy) is 1. The second-order valence-electron chi connectivity index (χ2n) is 5.82. The number of methoxy groups -OCH3 is 1. The second kappa shape index (κ2) is 7.28. The number of benzene rings is 1. The Morgan fingerprint density at radius 2 is 2.10 bits per heavy atom. The average Bonchev–Trinajstić information content (AvgIpc) is 2.45. The number of nitrogens with zero attached hydrogens (tertiary/aromatic N) is 2. The Labute approximate surface area is 126 Å². The smallest absolute Gasteiger partial charge is 0.170 e. The van der Waals surface area contributed by atoms with Crippen LogP contribution >= 0.6 is 0 Å². The predicted molar refractivity (Wildman–Crippen MR) is 85.0 cm³/mol. The summed E-state index contributed by atoms with van der Waals surface area (Å²) in [7, 11) is 5.74. The molecule has 1 rings (SSSR count). The zero-order chi connectivity index (χ0) is 16.0. The Balaban J connectivity index is 2.82. The number of hydrogen-bond donors (Lipinski definition) is 3. The number of oxime groups is 1. The van der Waals surface area contributed by atoms with Crippen molar-refractivity contribution in [2.75, 3.05) is 27.7 Å². The Kier molecular flexibility index (Phi) is 5.99. The fourth-order valence-electron chi connectivity index (χ4n) is 1.79. The van der Waals surface area contributed by atoms with Crippen LogP contribution in [0, 0.1) is 0 Å². The predicted octanol–water partition coefficient (Wildman–Crippen LogP) is 1.22. The third kappa shape index (κ3) is 4.61. The van der Waals surface area contributed by atoms with Gasteiger partial charge in [0.25, 0.3) is 0 Å². The molecule has 0 spiro atoms. The number of likely N-dealkylation sites (N-methyl/N-ethyl adjacent to an activating group) is 1. The van der Waals surface area contributed by atoms with Crippen LogP contribution in [0.1, 0.15) is 25.0 Å². The summed E-state index contributed by atoms with van der Waals surface area (Å²) in [6, 6.07) is 5.45. The van der Waals surface area contributed by atoms with Gasteiger partial charge in [-0.1, -0.05) is 5.16 Å². The van der Waals surface area contributed by atoms with Gasteiger partial charge >= 0.3 is 0 Å². The van der Waals surface area contributed by atoms with Gasteiger partial charge < -0.3 is 25.9 Å². The van der Waals surface area contributed by atoms with Crippen molar-refractivity contribution >= 4 is 5.84 Å². The number of rotatable bonds is 7. The molecule has 0 aliphatic rings. The molecule has 0 aromatic heterocycles. The van der Waals surface area contributed by atoms with E-state index < -0.39 is 0 Å². The fourth-order valence-corrected chi connectivity index (χ4v) is 1.79. The lowest BCUT2D eigenvalue weighted by molar-refractivity contribution is 0.189. The van der Waals surface area contributed by atoms with Gasteiger partial charge in [0, 0.05) is 29.8 Å². The van der Waals surface area contributed by atoms with Crippen molar-refractivity contribution in [3.05, 3.63) is 29.3 Å². The van der Waals surface area contributed by atoms with Crippen molar-refractivity contribution in [1.29, 1.82) is 0 Å². The molecule has 1 aromatic carbocycles. The minimum atomic E-state index is 0.0520. The Morgan fingerprint density at radius 1 is 1.43 bits per heavy atom. The van der Waals surface area contributed by atoms with Crippen LogP contribution in [0.4, 0.5) is 0 Å². The summed E-state index contributed by atoms with van der Waals surface area (Å²) in [6.45, 7) is 5.82. The summed E-state index contributed by atoms with van der Waals surface area (Å²) in [6.07, 6.45) is 0. The normalized spacial score (nSPS) is 12.8. The van der Waals surface area contributed by atoms with E-state index >= 15 is 0 Å². The lowest BCUT2D eigenvalue weighted by Gasteiger charge is -2.32. The Hall–Kier alpha value is -1.79. The van der Waals surface area contributed by atoms with Gasteiger partial charge in [0.1, 0.15) is 5.75 Å². The number of nitrogens with two attached hydrogens (primary N) is 1. The monoisotopic (exact) mass is 294 g/mol. The first-order valence-corrected chi connectivity index (χ1v) is 6.84. The summed E-state index contributed by atoms with van der Waals surface area (Å²) in [4.78, 5) is 2.17. The maximum atomic E-state index is 8.76. The van der Waals surface area contributed by atoms with Crippen LogP contribution in [-0.2, 0) is 6.54 Å². The van der Waals surface area contributed by atoms with Crippen molar-refractivity contribution in [3.63, 3.8) is 0 Å². The van der Waals surface area contributed by atoms with Crippen molar-refractivity contribution in [1.82, 2.24) is 10.2 Å². The van der Waals surface area contributed by atoms with E-state index in [1.807, 2.05) is 12.1 Å². The largest absolute Gasteiger partial charge is 0.496 e. The molecular formula is C15H26N4O2. The average molecular weight is 294 g/mol. The van der Waals surface area contributed by atoms with Crippen molar-refractivity contribution in [2.24, 2.45) is 10.9 Å². The van der Waals surface area contributed by atoms with Gasteiger partial charge in [-0.2, -0.15) is 0 Å². The zero-order valence-electron chi connectivity index (χ0n) is 13.5. The van der Waals surface area contributed by atoms with Crippen LogP contribution in [0.15, 0.2) is 23.4 Å². The third-order valence-electron chi connectivity index (χ3n) is 3.77. The quantitative estimate of drug-likeness (QED) is 0.305. The third-order valence-corrected chi connectivity index (χ3v) is 3.77. The molecule has 1 aromatic rings. The standard InChI is InChI=1S/C15H26N4O2/c1-15(2,19(3)4)10-17-9-12-8-11(14(16)18-20)6-7-13(12)21-5/h6-8,17,20H,9-10H2,1-5H3,(H2,16,18). The van der Waals surface area contributed by atoms with E-state index in [0.717, 1.165) is 17.9 Å². The molecule has 118 valence electrons. The molecule has 0 saturated heterocycles. The van der Waals surface area contributed by atoms with E-state index in [9.17, 15) is 0 Å². The number of nitrogens with one attached hydrogen (secondary N) is 1. The minimum absolute atomic E-state index is 0.0520. The molecular weight excluding hydrogens is 268 g/mol. The van der Waals surface area contributed by atoms with Crippen LogP contribution in [-0.4, -0.2) is 49.2 Å². The fraction of sp³-hybridized carbons (Fsp3) is 0.533. The van der Waals surface area contributed by atoms with E-state index in [0.29, 0.717) is 12.1 Å². The van der Waals surface area contributed by atoms with Gasteiger partial charge in [-0.15, -0.1) is 0 Å². The van der Waals surface area contributed by atoms with Crippen molar-refractivity contribution in [2.45, 2.75) is 25.9 Å². The highest BCUT2D eigenvalue weighted by Gasteiger charge is 2.19.